The lowest BCUT2D eigenvalue weighted by molar-refractivity contribution is 0.0522. The zero-order valence-corrected chi connectivity index (χ0v) is 12.2. The summed E-state index contributed by atoms with van der Waals surface area (Å²) < 4.78 is 10.1. The maximum Gasteiger partial charge on any atom is 0.351 e. The van der Waals surface area contributed by atoms with Crippen molar-refractivity contribution in [2.45, 2.75) is 19.2 Å². The van der Waals surface area contributed by atoms with E-state index in [1.54, 1.807) is 13.0 Å². The van der Waals surface area contributed by atoms with Crippen molar-refractivity contribution in [2.24, 2.45) is 0 Å². The maximum atomic E-state index is 11.8. The van der Waals surface area contributed by atoms with Crippen LogP contribution < -0.4 is 5.63 Å². The minimum atomic E-state index is -0.669. The van der Waals surface area contributed by atoms with Crippen LogP contribution in [-0.2, 0) is 10.1 Å². The molecule has 4 nitrogen and oxygen atoms in total. The first-order chi connectivity index (χ1) is 9.06. The largest absolute Gasteiger partial charge is 0.462 e. The van der Waals surface area contributed by atoms with E-state index in [9.17, 15) is 9.59 Å². The molecule has 0 spiro atoms. The topological polar surface area (TPSA) is 56.5 Å². The standard InChI is InChI=1S/C14H13BrO4/c1-3-18-13(16)11-6-10-9(7-15)4-8(2)5-12(10)19-14(11)17/h4-6H,3,7H2,1-2H3. The van der Waals surface area contributed by atoms with Crippen molar-refractivity contribution in [1.82, 2.24) is 0 Å². The maximum absolute atomic E-state index is 11.8. The summed E-state index contributed by atoms with van der Waals surface area (Å²) in [5, 5.41) is 1.35. The van der Waals surface area contributed by atoms with Gasteiger partial charge >= 0.3 is 11.6 Å². The molecule has 2 aromatic rings. The van der Waals surface area contributed by atoms with E-state index in [1.807, 2.05) is 13.0 Å². The molecule has 0 aliphatic rings. The van der Waals surface area contributed by atoms with Gasteiger partial charge in [-0.25, -0.2) is 9.59 Å². The van der Waals surface area contributed by atoms with Gasteiger partial charge in [-0.1, -0.05) is 22.0 Å². The van der Waals surface area contributed by atoms with Gasteiger partial charge in [0.15, 0.2) is 0 Å². The molecule has 100 valence electrons. The lowest BCUT2D eigenvalue weighted by Crippen LogP contribution is -2.16. The molecule has 0 atom stereocenters. The molecule has 0 bridgehead atoms. The summed E-state index contributed by atoms with van der Waals surface area (Å²) in [4.78, 5) is 23.5. The number of hydrogen-bond acceptors (Lipinski definition) is 4. The number of rotatable bonds is 3. The van der Waals surface area contributed by atoms with E-state index in [-0.39, 0.29) is 12.2 Å². The molecular formula is C14H13BrO4. The summed E-state index contributed by atoms with van der Waals surface area (Å²) in [6, 6.07) is 5.29. The van der Waals surface area contributed by atoms with E-state index >= 15 is 0 Å². The monoisotopic (exact) mass is 324 g/mol. The van der Waals surface area contributed by atoms with Gasteiger partial charge in [-0.3, -0.25) is 0 Å². The summed E-state index contributed by atoms with van der Waals surface area (Å²) in [5.41, 5.74) is 1.70. The van der Waals surface area contributed by atoms with Crippen LogP contribution in [0.2, 0.25) is 0 Å². The molecule has 0 unspecified atom stereocenters. The number of aryl methyl sites for hydroxylation is 1. The Kier molecular flexibility index (Phi) is 4.04. The molecule has 0 aliphatic heterocycles. The fourth-order valence-electron chi connectivity index (χ4n) is 1.91. The molecule has 1 heterocycles. The molecule has 5 heteroatoms. The number of alkyl halides is 1. The van der Waals surface area contributed by atoms with Gasteiger partial charge in [0.25, 0.3) is 0 Å². The van der Waals surface area contributed by atoms with Crippen molar-refractivity contribution in [3.63, 3.8) is 0 Å². The van der Waals surface area contributed by atoms with Crippen LogP contribution in [0.3, 0.4) is 0 Å². The molecule has 0 amide bonds. The van der Waals surface area contributed by atoms with Crippen LogP contribution in [0.25, 0.3) is 11.0 Å². The Balaban J connectivity index is 2.70. The third-order valence-corrected chi connectivity index (χ3v) is 3.33. The Labute approximate surface area is 118 Å². The Hall–Kier alpha value is -1.62. The Morgan fingerprint density at radius 1 is 1.37 bits per heavy atom. The van der Waals surface area contributed by atoms with Crippen molar-refractivity contribution < 1.29 is 13.9 Å². The zero-order chi connectivity index (χ0) is 14.0. The van der Waals surface area contributed by atoms with Crippen LogP contribution in [0.5, 0.6) is 0 Å². The van der Waals surface area contributed by atoms with E-state index in [0.717, 1.165) is 16.5 Å². The highest BCUT2D eigenvalue weighted by Crippen LogP contribution is 2.23. The van der Waals surface area contributed by atoms with Gasteiger partial charge in [-0.15, -0.1) is 0 Å². The predicted octanol–water partition coefficient (Wildman–Crippen LogP) is 3.17. The molecule has 0 fully saturated rings. The quantitative estimate of drug-likeness (QED) is 0.494. The fraction of sp³-hybridized carbons (Fsp3) is 0.286. The number of ether oxygens (including phenoxy) is 1. The molecule has 0 saturated heterocycles. The number of carbonyl (C=O) groups is 1. The first-order valence-corrected chi connectivity index (χ1v) is 6.99. The highest BCUT2D eigenvalue weighted by Gasteiger charge is 2.16. The number of benzene rings is 1. The van der Waals surface area contributed by atoms with Crippen LogP contribution in [0.15, 0.2) is 27.4 Å². The van der Waals surface area contributed by atoms with Crippen molar-refractivity contribution >= 4 is 32.9 Å². The van der Waals surface area contributed by atoms with Crippen LogP contribution in [0.4, 0.5) is 0 Å². The van der Waals surface area contributed by atoms with E-state index in [0.29, 0.717) is 10.9 Å². The van der Waals surface area contributed by atoms with Crippen molar-refractivity contribution in [3.8, 4) is 0 Å². The van der Waals surface area contributed by atoms with Crippen molar-refractivity contribution in [1.29, 1.82) is 0 Å². The van der Waals surface area contributed by atoms with Gasteiger partial charge < -0.3 is 9.15 Å². The number of fused-ring (bicyclic) bond motifs is 1. The second kappa shape index (κ2) is 5.57. The van der Waals surface area contributed by atoms with E-state index in [2.05, 4.69) is 15.9 Å². The molecule has 1 aromatic carbocycles. The highest BCUT2D eigenvalue weighted by atomic mass is 79.9. The van der Waals surface area contributed by atoms with E-state index in [1.165, 1.54) is 6.07 Å². The first-order valence-electron chi connectivity index (χ1n) is 5.87. The van der Waals surface area contributed by atoms with Gasteiger partial charge in [0.1, 0.15) is 11.1 Å². The second-order valence-electron chi connectivity index (χ2n) is 4.14. The van der Waals surface area contributed by atoms with Gasteiger partial charge in [0, 0.05) is 10.7 Å². The molecule has 1 aromatic heterocycles. The molecule has 19 heavy (non-hydrogen) atoms. The zero-order valence-electron chi connectivity index (χ0n) is 10.7. The average Bonchev–Trinajstić information content (AvgIpc) is 2.36. The molecule has 2 rings (SSSR count). The molecule has 0 saturated carbocycles. The van der Waals surface area contributed by atoms with Gasteiger partial charge in [-0.2, -0.15) is 0 Å². The van der Waals surface area contributed by atoms with Gasteiger partial charge in [0.05, 0.1) is 6.61 Å². The van der Waals surface area contributed by atoms with Crippen molar-refractivity contribution in [3.05, 3.63) is 45.3 Å². The summed E-state index contributed by atoms with van der Waals surface area (Å²) in [7, 11) is 0. The third kappa shape index (κ3) is 2.71. The lowest BCUT2D eigenvalue weighted by Gasteiger charge is -2.06. The summed E-state index contributed by atoms with van der Waals surface area (Å²) in [6.45, 7) is 3.83. The highest BCUT2D eigenvalue weighted by molar-refractivity contribution is 9.08. The Bertz CT molecular complexity index is 688. The number of halogens is 1. The summed E-state index contributed by atoms with van der Waals surface area (Å²) >= 11 is 3.39. The molecule has 0 radical (unpaired) electrons. The molecular weight excluding hydrogens is 312 g/mol. The lowest BCUT2D eigenvalue weighted by atomic mass is 10.1. The first kappa shape index (κ1) is 13.8. The van der Waals surface area contributed by atoms with Crippen LogP contribution in [0, 0.1) is 6.92 Å². The van der Waals surface area contributed by atoms with Gasteiger partial charge in [-0.05, 0) is 37.1 Å². The predicted molar refractivity (Wildman–Crippen MR) is 75.8 cm³/mol. The summed E-state index contributed by atoms with van der Waals surface area (Å²) in [6.07, 6.45) is 0. The Morgan fingerprint density at radius 2 is 2.11 bits per heavy atom. The summed E-state index contributed by atoms with van der Waals surface area (Å²) in [5.74, 6) is -0.653. The Morgan fingerprint density at radius 3 is 2.74 bits per heavy atom. The third-order valence-electron chi connectivity index (χ3n) is 2.72. The van der Waals surface area contributed by atoms with Crippen LogP contribution in [-0.4, -0.2) is 12.6 Å². The normalized spacial score (nSPS) is 10.7. The minimum absolute atomic E-state index is 0.0691. The van der Waals surface area contributed by atoms with E-state index in [4.69, 9.17) is 9.15 Å². The van der Waals surface area contributed by atoms with Crippen molar-refractivity contribution in [2.75, 3.05) is 6.61 Å². The smallest absolute Gasteiger partial charge is 0.351 e. The number of esters is 1. The van der Waals surface area contributed by atoms with Crippen LogP contribution >= 0.6 is 15.9 Å². The number of carbonyl (C=O) groups excluding carboxylic acids is 1. The fourth-order valence-corrected chi connectivity index (χ4v) is 2.37. The average molecular weight is 325 g/mol. The molecule has 0 N–H and O–H groups in total. The minimum Gasteiger partial charge on any atom is -0.462 e. The van der Waals surface area contributed by atoms with Crippen LogP contribution in [0.1, 0.15) is 28.4 Å². The number of hydrogen-bond donors (Lipinski definition) is 0. The van der Waals surface area contributed by atoms with Gasteiger partial charge in [0.2, 0.25) is 0 Å². The SMILES string of the molecule is CCOC(=O)c1cc2c(CBr)cc(C)cc2oc1=O. The second-order valence-corrected chi connectivity index (χ2v) is 4.70. The molecule has 0 aliphatic carbocycles. The van der Waals surface area contributed by atoms with E-state index < -0.39 is 11.6 Å².